The molecule has 0 heterocycles. The molecule has 1 unspecified atom stereocenters. The Balaban J connectivity index is 2.65. The molecule has 0 aliphatic rings. The van der Waals surface area contributed by atoms with Crippen molar-refractivity contribution in [3.05, 3.63) is 28.2 Å². The molecule has 1 aromatic carbocycles. The zero-order valence-electron chi connectivity index (χ0n) is 10.9. The van der Waals surface area contributed by atoms with Crippen LogP contribution in [0.4, 0.5) is 0 Å². The highest BCUT2D eigenvalue weighted by Crippen LogP contribution is 2.27. The molecule has 1 atom stereocenters. The molecule has 0 saturated heterocycles. The smallest absolute Gasteiger partial charge is 0.133 e. The molecular weight excluding hydrogens is 278 g/mol. The molecule has 0 spiro atoms. The molecule has 0 radical (unpaired) electrons. The Morgan fingerprint density at radius 3 is 2.59 bits per heavy atom. The van der Waals surface area contributed by atoms with Crippen LogP contribution in [0.25, 0.3) is 0 Å². The van der Waals surface area contributed by atoms with Crippen molar-refractivity contribution in [1.29, 1.82) is 0 Å². The van der Waals surface area contributed by atoms with E-state index in [0.29, 0.717) is 5.92 Å². The lowest BCUT2D eigenvalue weighted by molar-refractivity contribution is 0.269. The topological polar surface area (TPSA) is 35.2 Å². The second-order valence-electron chi connectivity index (χ2n) is 4.84. The van der Waals surface area contributed by atoms with E-state index in [1.807, 2.05) is 6.07 Å². The highest BCUT2D eigenvalue weighted by molar-refractivity contribution is 9.10. The maximum Gasteiger partial charge on any atom is 0.133 e. The SMILES string of the molecule is CCC(N)Cc1ccc(OCC(C)C)c(Br)c1. The molecule has 2 N–H and O–H groups in total. The fourth-order valence-corrected chi connectivity index (χ4v) is 2.03. The van der Waals surface area contributed by atoms with E-state index in [0.717, 1.165) is 29.7 Å². The van der Waals surface area contributed by atoms with Crippen LogP contribution in [-0.4, -0.2) is 12.6 Å². The lowest BCUT2D eigenvalue weighted by Gasteiger charge is -2.13. The van der Waals surface area contributed by atoms with Crippen LogP contribution in [0.1, 0.15) is 32.8 Å². The average Bonchev–Trinajstić information content (AvgIpc) is 2.27. The maximum absolute atomic E-state index is 5.94. The third-order valence-electron chi connectivity index (χ3n) is 2.59. The normalized spacial score (nSPS) is 12.8. The van der Waals surface area contributed by atoms with Crippen molar-refractivity contribution in [1.82, 2.24) is 0 Å². The fourth-order valence-electron chi connectivity index (χ4n) is 1.49. The van der Waals surface area contributed by atoms with Gasteiger partial charge in [-0.25, -0.2) is 0 Å². The van der Waals surface area contributed by atoms with E-state index in [2.05, 4.69) is 48.8 Å². The van der Waals surface area contributed by atoms with Crippen molar-refractivity contribution in [3.8, 4) is 5.75 Å². The van der Waals surface area contributed by atoms with Gasteiger partial charge in [0.1, 0.15) is 5.75 Å². The van der Waals surface area contributed by atoms with Gasteiger partial charge in [0.25, 0.3) is 0 Å². The summed E-state index contributed by atoms with van der Waals surface area (Å²) < 4.78 is 6.72. The van der Waals surface area contributed by atoms with Crippen molar-refractivity contribution in [2.75, 3.05) is 6.61 Å². The summed E-state index contributed by atoms with van der Waals surface area (Å²) in [7, 11) is 0. The number of hydrogen-bond donors (Lipinski definition) is 1. The van der Waals surface area contributed by atoms with Crippen LogP contribution in [0.5, 0.6) is 5.75 Å². The minimum absolute atomic E-state index is 0.240. The highest BCUT2D eigenvalue weighted by atomic mass is 79.9. The molecule has 0 amide bonds. The van der Waals surface area contributed by atoms with Gasteiger partial charge in [-0.15, -0.1) is 0 Å². The average molecular weight is 300 g/mol. The van der Waals surface area contributed by atoms with Crippen LogP contribution in [0, 0.1) is 5.92 Å². The van der Waals surface area contributed by atoms with E-state index in [4.69, 9.17) is 10.5 Å². The number of ether oxygens (including phenoxy) is 1. The zero-order chi connectivity index (χ0) is 12.8. The number of nitrogens with two attached hydrogens (primary N) is 1. The Labute approximate surface area is 113 Å². The minimum atomic E-state index is 0.240. The van der Waals surface area contributed by atoms with E-state index >= 15 is 0 Å². The summed E-state index contributed by atoms with van der Waals surface area (Å²) in [5.74, 6) is 1.45. The first-order valence-corrected chi connectivity index (χ1v) is 6.99. The van der Waals surface area contributed by atoms with Gasteiger partial charge in [-0.1, -0.05) is 26.8 Å². The van der Waals surface area contributed by atoms with Gasteiger partial charge >= 0.3 is 0 Å². The minimum Gasteiger partial charge on any atom is -0.492 e. The summed E-state index contributed by atoms with van der Waals surface area (Å²) in [4.78, 5) is 0. The Morgan fingerprint density at radius 1 is 1.35 bits per heavy atom. The third-order valence-corrected chi connectivity index (χ3v) is 3.21. The molecule has 0 bridgehead atoms. The molecule has 0 aliphatic heterocycles. The highest BCUT2D eigenvalue weighted by Gasteiger charge is 2.06. The number of halogens is 1. The zero-order valence-corrected chi connectivity index (χ0v) is 12.5. The van der Waals surface area contributed by atoms with Crippen LogP contribution in [0.3, 0.4) is 0 Å². The molecule has 1 rings (SSSR count). The first kappa shape index (κ1) is 14.5. The number of benzene rings is 1. The predicted molar refractivity (Wildman–Crippen MR) is 76.4 cm³/mol. The first-order chi connectivity index (χ1) is 8.02. The van der Waals surface area contributed by atoms with E-state index in [-0.39, 0.29) is 6.04 Å². The largest absolute Gasteiger partial charge is 0.492 e. The third kappa shape index (κ3) is 5.09. The molecule has 96 valence electrons. The van der Waals surface area contributed by atoms with E-state index < -0.39 is 0 Å². The van der Waals surface area contributed by atoms with Crippen LogP contribution >= 0.6 is 15.9 Å². The van der Waals surface area contributed by atoms with Crippen molar-refractivity contribution >= 4 is 15.9 Å². The van der Waals surface area contributed by atoms with Crippen molar-refractivity contribution in [2.24, 2.45) is 11.7 Å². The summed E-state index contributed by atoms with van der Waals surface area (Å²) in [5.41, 5.74) is 7.20. The Kier molecular flexibility index (Phi) is 6.00. The Bertz CT molecular complexity index is 352. The second kappa shape index (κ2) is 7.02. The van der Waals surface area contributed by atoms with E-state index in [1.165, 1.54) is 5.56 Å². The van der Waals surface area contributed by atoms with Crippen LogP contribution in [0.15, 0.2) is 22.7 Å². The monoisotopic (exact) mass is 299 g/mol. The van der Waals surface area contributed by atoms with E-state index in [1.54, 1.807) is 0 Å². The van der Waals surface area contributed by atoms with Gasteiger partial charge in [0.2, 0.25) is 0 Å². The summed E-state index contributed by atoms with van der Waals surface area (Å²) in [5, 5.41) is 0. The summed E-state index contributed by atoms with van der Waals surface area (Å²) in [6, 6.07) is 6.45. The standard InChI is InChI=1S/C14H22BrNO/c1-4-12(16)7-11-5-6-14(13(15)8-11)17-9-10(2)3/h5-6,8,10,12H,4,7,9,16H2,1-3H3. The maximum atomic E-state index is 5.94. The van der Waals surface area contributed by atoms with Crippen molar-refractivity contribution < 1.29 is 4.74 Å². The van der Waals surface area contributed by atoms with Gasteiger partial charge in [-0.2, -0.15) is 0 Å². The molecule has 0 aromatic heterocycles. The Morgan fingerprint density at radius 2 is 2.06 bits per heavy atom. The van der Waals surface area contributed by atoms with Crippen LogP contribution in [-0.2, 0) is 6.42 Å². The summed E-state index contributed by atoms with van der Waals surface area (Å²) >= 11 is 3.54. The summed E-state index contributed by atoms with van der Waals surface area (Å²) in [6.07, 6.45) is 1.92. The van der Waals surface area contributed by atoms with Crippen LogP contribution < -0.4 is 10.5 Å². The summed E-state index contributed by atoms with van der Waals surface area (Å²) in [6.45, 7) is 7.14. The number of hydrogen-bond acceptors (Lipinski definition) is 2. The van der Waals surface area contributed by atoms with Gasteiger partial charge in [-0.05, 0) is 52.4 Å². The second-order valence-corrected chi connectivity index (χ2v) is 5.70. The molecule has 3 heteroatoms. The number of rotatable bonds is 6. The van der Waals surface area contributed by atoms with Crippen molar-refractivity contribution in [2.45, 2.75) is 39.7 Å². The van der Waals surface area contributed by atoms with Gasteiger partial charge in [0.15, 0.2) is 0 Å². The predicted octanol–water partition coefficient (Wildman–Crippen LogP) is 3.76. The van der Waals surface area contributed by atoms with Crippen molar-refractivity contribution in [3.63, 3.8) is 0 Å². The molecular formula is C14H22BrNO. The molecule has 0 aliphatic carbocycles. The molecule has 1 aromatic rings. The fraction of sp³-hybridized carbons (Fsp3) is 0.571. The molecule has 0 fully saturated rings. The lowest BCUT2D eigenvalue weighted by Crippen LogP contribution is -2.21. The molecule has 17 heavy (non-hydrogen) atoms. The van der Waals surface area contributed by atoms with Gasteiger partial charge in [0.05, 0.1) is 11.1 Å². The molecule has 2 nitrogen and oxygen atoms in total. The van der Waals surface area contributed by atoms with Crippen LogP contribution in [0.2, 0.25) is 0 Å². The quantitative estimate of drug-likeness (QED) is 0.868. The lowest BCUT2D eigenvalue weighted by atomic mass is 10.0. The molecule has 0 saturated carbocycles. The van der Waals surface area contributed by atoms with Gasteiger partial charge < -0.3 is 10.5 Å². The van der Waals surface area contributed by atoms with Gasteiger partial charge in [0, 0.05) is 6.04 Å². The van der Waals surface area contributed by atoms with E-state index in [9.17, 15) is 0 Å². The first-order valence-electron chi connectivity index (χ1n) is 6.19. The van der Waals surface area contributed by atoms with Gasteiger partial charge in [-0.3, -0.25) is 0 Å². The Hall–Kier alpha value is -0.540.